The second-order valence-electron chi connectivity index (χ2n) is 7.02. The lowest BCUT2D eigenvalue weighted by Gasteiger charge is -2.13. The third-order valence-electron chi connectivity index (χ3n) is 4.11. The molecule has 0 radical (unpaired) electrons. The first-order valence-electron chi connectivity index (χ1n) is 10.1. The van der Waals surface area contributed by atoms with Gasteiger partial charge in [-0.3, -0.25) is 9.67 Å². The smallest absolute Gasteiger partial charge is 0.191 e. The van der Waals surface area contributed by atoms with Crippen molar-refractivity contribution < 1.29 is 0 Å². The molecule has 0 aliphatic carbocycles. The van der Waals surface area contributed by atoms with Gasteiger partial charge in [0.25, 0.3) is 0 Å². The quantitative estimate of drug-likeness (QED) is 0.244. The van der Waals surface area contributed by atoms with E-state index in [0.717, 1.165) is 68.9 Å². The molecule has 28 heavy (non-hydrogen) atoms. The molecule has 0 aliphatic heterocycles. The Bertz CT molecular complexity index is 693. The lowest BCUT2D eigenvalue weighted by molar-refractivity contribution is 0.477. The molecular weight excluding hydrogens is 372 g/mol. The van der Waals surface area contributed by atoms with Gasteiger partial charge in [0.2, 0.25) is 0 Å². The van der Waals surface area contributed by atoms with Gasteiger partial charge in [-0.15, -0.1) is 10.2 Å². The molecule has 2 aromatic rings. The van der Waals surface area contributed by atoms with Crippen LogP contribution in [-0.2, 0) is 19.5 Å². The maximum Gasteiger partial charge on any atom is 0.191 e. The molecule has 0 saturated carbocycles. The topological polar surface area (TPSA) is 84.9 Å². The lowest BCUT2D eigenvalue weighted by Crippen LogP contribution is -2.38. The van der Waals surface area contributed by atoms with Gasteiger partial charge in [-0.1, -0.05) is 25.6 Å². The average molecular weight is 407 g/mol. The van der Waals surface area contributed by atoms with Crippen LogP contribution < -0.4 is 10.6 Å². The summed E-state index contributed by atoms with van der Waals surface area (Å²) in [5, 5.41) is 20.6. The van der Waals surface area contributed by atoms with Gasteiger partial charge in [0, 0.05) is 51.5 Å². The highest BCUT2D eigenvalue weighted by molar-refractivity contribution is 7.98. The minimum absolute atomic E-state index is 0.577. The van der Waals surface area contributed by atoms with Crippen molar-refractivity contribution in [2.45, 2.75) is 58.3 Å². The van der Waals surface area contributed by atoms with E-state index < -0.39 is 0 Å². The first-order chi connectivity index (χ1) is 13.6. The number of thioether (sulfide) groups is 1. The van der Waals surface area contributed by atoms with Crippen LogP contribution in [0.15, 0.2) is 28.6 Å². The van der Waals surface area contributed by atoms with Crippen LogP contribution in [0.5, 0.6) is 0 Å². The molecule has 0 amide bonds. The largest absolute Gasteiger partial charge is 0.357 e. The Kier molecular flexibility index (Phi) is 9.88. The van der Waals surface area contributed by atoms with E-state index in [0.29, 0.717) is 5.92 Å². The molecule has 156 valence electrons. The van der Waals surface area contributed by atoms with E-state index in [1.807, 2.05) is 16.9 Å². The Balaban J connectivity index is 1.76. The lowest BCUT2D eigenvalue weighted by atomic mass is 10.2. The van der Waals surface area contributed by atoms with Gasteiger partial charge in [-0.05, 0) is 38.0 Å². The van der Waals surface area contributed by atoms with Crippen molar-refractivity contribution in [1.29, 1.82) is 0 Å². The Morgan fingerprint density at radius 1 is 1.25 bits per heavy atom. The van der Waals surface area contributed by atoms with Crippen molar-refractivity contribution in [2.24, 2.45) is 10.9 Å². The Labute approximate surface area is 172 Å². The normalized spacial score (nSPS) is 12.0. The molecule has 0 saturated heterocycles. The molecule has 2 aromatic heterocycles. The van der Waals surface area contributed by atoms with E-state index >= 15 is 0 Å². The standard InChI is InChI=1S/C19H34N8S/c1-5-20-18(22-11-7-13-26-14-8-12-23-26)21-10-6-9-17-24-25-19(28-4)27(17)15-16(2)3/h8,12,14,16H,5-7,9-11,13,15H2,1-4H3,(H2,20,21,22). The number of nitrogens with zero attached hydrogens (tertiary/aromatic N) is 6. The molecule has 0 fully saturated rings. The molecule has 8 nitrogen and oxygen atoms in total. The summed E-state index contributed by atoms with van der Waals surface area (Å²) >= 11 is 1.66. The Morgan fingerprint density at radius 2 is 2.11 bits per heavy atom. The maximum atomic E-state index is 4.65. The maximum absolute atomic E-state index is 4.65. The van der Waals surface area contributed by atoms with E-state index in [-0.39, 0.29) is 0 Å². The third kappa shape index (κ3) is 7.53. The number of hydrogen-bond donors (Lipinski definition) is 2. The molecule has 0 unspecified atom stereocenters. The fourth-order valence-corrected chi connectivity index (χ4v) is 3.38. The fourth-order valence-electron chi connectivity index (χ4n) is 2.85. The number of hydrogen-bond acceptors (Lipinski definition) is 5. The number of aliphatic imine (C=N–C) groups is 1. The zero-order valence-corrected chi connectivity index (χ0v) is 18.4. The van der Waals surface area contributed by atoms with E-state index in [9.17, 15) is 0 Å². The van der Waals surface area contributed by atoms with Crippen LogP contribution in [0.2, 0.25) is 0 Å². The zero-order valence-electron chi connectivity index (χ0n) is 17.6. The average Bonchev–Trinajstić information content (AvgIpc) is 3.32. The van der Waals surface area contributed by atoms with Crippen LogP contribution in [-0.4, -0.2) is 56.4 Å². The number of aromatic nitrogens is 5. The summed E-state index contributed by atoms with van der Waals surface area (Å²) < 4.78 is 4.19. The first kappa shape index (κ1) is 22.3. The summed E-state index contributed by atoms with van der Waals surface area (Å²) in [6, 6.07) is 1.94. The monoisotopic (exact) mass is 406 g/mol. The number of nitrogens with one attached hydrogen (secondary N) is 2. The van der Waals surface area contributed by atoms with Crippen molar-refractivity contribution >= 4 is 17.7 Å². The number of rotatable bonds is 12. The van der Waals surface area contributed by atoms with E-state index in [1.165, 1.54) is 0 Å². The predicted molar refractivity (Wildman–Crippen MR) is 116 cm³/mol. The minimum Gasteiger partial charge on any atom is -0.357 e. The second kappa shape index (κ2) is 12.4. The van der Waals surface area contributed by atoms with Gasteiger partial charge in [-0.25, -0.2) is 0 Å². The van der Waals surface area contributed by atoms with Crippen LogP contribution in [0.3, 0.4) is 0 Å². The van der Waals surface area contributed by atoms with Gasteiger partial charge in [0.15, 0.2) is 11.1 Å². The van der Waals surface area contributed by atoms with Crippen molar-refractivity contribution in [3.8, 4) is 0 Å². The SMILES string of the molecule is CCNC(=NCCCn1cccn1)NCCCc1nnc(SC)n1CC(C)C. The van der Waals surface area contributed by atoms with Crippen molar-refractivity contribution in [3.05, 3.63) is 24.3 Å². The van der Waals surface area contributed by atoms with Crippen LogP contribution >= 0.6 is 11.8 Å². The minimum atomic E-state index is 0.577. The van der Waals surface area contributed by atoms with Crippen LogP contribution in [0.4, 0.5) is 0 Å². The summed E-state index contributed by atoms with van der Waals surface area (Å²) in [5.41, 5.74) is 0. The van der Waals surface area contributed by atoms with Gasteiger partial charge in [0.05, 0.1) is 0 Å². The summed E-state index contributed by atoms with van der Waals surface area (Å²) in [6.45, 7) is 10.9. The van der Waals surface area contributed by atoms with Crippen LogP contribution in [0.1, 0.15) is 39.4 Å². The van der Waals surface area contributed by atoms with Gasteiger partial charge >= 0.3 is 0 Å². The highest BCUT2D eigenvalue weighted by Gasteiger charge is 2.12. The first-order valence-corrected chi connectivity index (χ1v) is 11.3. The zero-order chi connectivity index (χ0) is 20.2. The van der Waals surface area contributed by atoms with Crippen molar-refractivity contribution in [3.63, 3.8) is 0 Å². The molecule has 2 rings (SSSR count). The summed E-state index contributed by atoms with van der Waals surface area (Å²) in [6.07, 6.45) is 8.70. The highest BCUT2D eigenvalue weighted by atomic mass is 32.2. The third-order valence-corrected chi connectivity index (χ3v) is 4.78. The molecule has 0 aliphatic rings. The molecule has 0 spiro atoms. The van der Waals surface area contributed by atoms with E-state index in [4.69, 9.17) is 0 Å². The fraction of sp³-hybridized carbons (Fsp3) is 0.684. The molecule has 0 atom stereocenters. The highest BCUT2D eigenvalue weighted by Crippen LogP contribution is 2.16. The van der Waals surface area contributed by atoms with Crippen molar-refractivity contribution in [2.75, 3.05) is 25.9 Å². The van der Waals surface area contributed by atoms with Gasteiger partial charge in [0.1, 0.15) is 5.82 Å². The van der Waals surface area contributed by atoms with E-state index in [2.05, 4.69) is 62.5 Å². The van der Waals surface area contributed by atoms with Gasteiger partial charge < -0.3 is 15.2 Å². The molecule has 2 heterocycles. The number of aryl methyl sites for hydroxylation is 2. The molecule has 2 N–H and O–H groups in total. The van der Waals surface area contributed by atoms with Crippen LogP contribution in [0.25, 0.3) is 0 Å². The summed E-state index contributed by atoms with van der Waals surface area (Å²) in [4.78, 5) is 4.65. The molecule has 0 bridgehead atoms. The number of guanidine groups is 1. The predicted octanol–water partition coefficient (Wildman–Crippen LogP) is 2.43. The Morgan fingerprint density at radius 3 is 2.79 bits per heavy atom. The molecular formula is C19H34N8S. The summed E-state index contributed by atoms with van der Waals surface area (Å²) in [7, 11) is 0. The second-order valence-corrected chi connectivity index (χ2v) is 7.79. The molecule has 0 aromatic carbocycles. The van der Waals surface area contributed by atoms with Gasteiger partial charge in [-0.2, -0.15) is 5.10 Å². The molecule has 9 heteroatoms. The van der Waals surface area contributed by atoms with E-state index in [1.54, 1.807) is 18.0 Å². The van der Waals surface area contributed by atoms with Crippen molar-refractivity contribution in [1.82, 2.24) is 35.2 Å². The summed E-state index contributed by atoms with van der Waals surface area (Å²) in [5.74, 6) is 2.52. The van der Waals surface area contributed by atoms with Crippen LogP contribution in [0, 0.1) is 5.92 Å². The Hall–Kier alpha value is -2.03.